The first-order valence-electron chi connectivity index (χ1n) is 7.70. The van der Waals surface area contributed by atoms with Gasteiger partial charge in [0.15, 0.2) is 0 Å². The molecule has 0 bridgehead atoms. The van der Waals surface area contributed by atoms with Crippen LogP contribution in [0.3, 0.4) is 0 Å². The van der Waals surface area contributed by atoms with Gasteiger partial charge in [0.1, 0.15) is 17.1 Å². The Balaban J connectivity index is 1.82. The van der Waals surface area contributed by atoms with Gasteiger partial charge in [0, 0.05) is 23.8 Å². The SMILES string of the molecule is CCc1nc2cc(Cl)ccn2c1C(=O)NCc1ccc(OC)cc1. The van der Waals surface area contributed by atoms with Crippen LogP contribution in [0.5, 0.6) is 5.75 Å². The lowest BCUT2D eigenvalue weighted by molar-refractivity contribution is 0.0944. The zero-order valence-corrected chi connectivity index (χ0v) is 14.3. The molecule has 3 rings (SSSR count). The van der Waals surface area contributed by atoms with Crippen LogP contribution in [-0.2, 0) is 13.0 Å². The van der Waals surface area contributed by atoms with Crippen LogP contribution in [0, 0.1) is 0 Å². The number of amides is 1. The number of fused-ring (bicyclic) bond motifs is 1. The van der Waals surface area contributed by atoms with Crippen molar-refractivity contribution in [2.75, 3.05) is 7.11 Å². The van der Waals surface area contributed by atoms with Gasteiger partial charge in [0.25, 0.3) is 5.91 Å². The molecule has 2 heterocycles. The first-order chi connectivity index (χ1) is 11.6. The fourth-order valence-electron chi connectivity index (χ4n) is 2.56. The standard InChI is InChI=1S/C18H18ClN3O2/c1-3-15-17(22-9-8-13(19)10-16(22)21-15)18(23)20-11-12-4-6-14(24-2)7-5-12/h4-10H,3,11H2,1-2H3,(H,20,23). The summed E-state index contributed by atoms with van der Waals surface area (Å²) >= 11 is 6.00. The summed E-state index contributed by atoms with van der Waals surface area (Å²) in [7, 11) is 1.63. The molecule has 0 spiro atoms. The molecular weight excluding hydrogens is 326 g/mol. The summed E-state index contributed by atoms with van der Waals surface area (Å²) in [6, 6.07) is 11.1. The maximum atomic E-state index is 12.7. The molecular formula is C18H18ClN3O2. The number of carbonyl (C=O) groups is 1. The summed E-state index contributed by atoms with van der Waals surface area (Å²) < 4.78 is 6.90. The van der Waals surface area contributed by atoms with Crippen molar-refractivity contribution in [1.29, 1.82) is 0 Å². The number of nitrogens with zero attached hydrogens (tertiary/aromatic N) is 2. The third-order valence-electron chi connectivity index (χ3n) is 3.82. The second-order valence-electron chi connectivity index (χ2n) is 5.36. The third kappa shape index (κ3) is 3.21. The molecule has 0 unspecified atom stereocenters. The van der Waals surface area contributed by atoms with Gasteiger partial charge < -0.3 is 10.1 Å². The molecule has 0 aliphatic heterocycles. The number of aromatic nitrogens is 2. The molecule has 0 atom stereocenters. The lowest BCUT2D eigenvalue weighted by atomic mass is 10.2. The molecule has 0 aliphatic carbocycles. The van der Waals surface area contributed by atoms with E-state index in [1.807, 2.05) is 31.2 Å². The predicted molar refractivity (Wildman–Crippen MR) is 93.7 cm³/mol. The van der Waals surface area contributed by atoms with Gasteiger partial charge in [-0.25, -0.2) is 4.98 Å². The van der Waals surface area contributed by atoms with E-state index in [9.17, 15) is 4.79 Å². The van der Waals surface area contributed by atoms with Crippen LogP contribution in [0.25, 0.3) is 5.65 Å². The van der Waals surface area contributed by atoms with E-state index in [4.69, 9.17) is 16.3 Å². The number of methoxy groups -OCH3 is 1. The highest BCUT2D eigenvalue weighted by Crippen LogP contribution is 2.18. The van der Waals surface area contributed by atoms with Gasteiger partial charge in [-0.2, -0.15) is 0 Å². The first-order valence-corrected chi connectivity index (χ1v) is 8.07. The van der Waals surface area contributed by atoms with E-state index in [0.29, 0.717) is 29.3 Å². The molecule has 5 nitrogen and oxygen atoms in total. The van der Waals surface area contributed by atoms with Gasteiger partial charge >= 0.3 is 0 Å². The summed E-state index contributed by atoms with van der Waals surface area (Å²) in [5, 5.41) is 3.54. The van der Waals surface area contributed by atoms with Crippen LogP contribution in [0.15, 0.2) is 42.6 Å². The highest BCUT2D eigenvalue weighted by molar-refractivity contribution is 6.30. The van der Waals surface area contributed by atoms with Crippen molar-refractivity contribution in [3.05, 3.63) is 64.6 Å². The monoisotopic (exact) mass is 343 g/mol. The van der Waals surface area contributed by atoms with Crippen molar-refractivity contribution in [2.24, 2.45) is 0 Å². The second kappa shape index (κ2) is 6.93. The van der Waals surface area contributed by atoms with Crippen LogP contribution >= 0.6 is 11.6 Å². The smallest absolute Gasteiger partial charge is 0.270 e. The number of hydrogen-bond acceptors (Lipinski definition) is 3. The van der Waals surface area contributed by atoms with Gasteiger partial charge in [-0.05, 0) is 30.2 Å². The molecule has 6 heteroatoms. The maximum Gasteiger partial charge on any atom is 0.270 e. The molecule has 1 amide bonds. The summed E-state index contributed by atoms with van der Waals surface area (Å²) in [5.74, 6) is 0.634. The molecule has 3 aromatic rings. The van der Waals surface area contributed by atoms with Gasteiger partial charge in [-0.1, -0.05) is 30.7 Å². The van der Waals surface area contributed by atoms with Gasteiger partial charge in [0.05, 0.1) is 12.8 Å². The van der Waals surface area contributed by atoms with Gasteiger partial charge in [-0.3, -0.25) is 9.20 Å². The van der Waals surface area contributed by atoms with Crippen LogP contribution in [0.4, 0.5) is 0 Å². The Hall–Kier alpha value is -2.53. The summed E-state index contributed by atoms with van der Waals surface area (Å²) in [6.45, 7) is 2.41. The zero-order chi connectivity index (χ0) is 17.1. The first kappa shape index (κ1) is 16.3. The second-order valence-corrected chi connectivity index (χ2v) is 5.80. The topological polar surface area (TPSA) is 55.6 Å². The largest absolute Gasteiger partial charge is 0.497 e. The highest BCUT2D eigenvalue weighted by atomic mass is 35.5. The lowest BCUT2D eigenvalue weighted by Gasteiger charge is -2.07. The van der Waals surface area contributed by atoms with E-state index in [-0.39, 0.29) is 5.91 Å². The molecule has 124 valence electrons. The molecule has 0 aliphatic rings. The van der Waals surface area contributed by atoms with Crippen LogP contribution in [0.1, 0.15) is 28.7 Å². The number of nitrogens with one attached hydrogen (secondary N) is 1. The number of aryl methyl sites for hydroxylation is 1. The molecule has 2 aromatic heterocycles. The quantitative estimate of drug-likeness (QED) is 0.771. The van der Waals surface area contributed by atoms with Crippen LogP contribution in [-0.4, -0.2) is 22.4 Å². The van der Waals surface area contributed by atoms with Crippen molar-refractivity contribution >= 4 is 23.2 Å². The van der Waals surface area contributed by atoms with Gasteiger partial charge in [0.2, 0.25) is 0 Å². The normalized spacial score (nSPS) is 10.8. The van der Waals surface area contributed by atoms with Crippen LogP contribution < -0.4 is 10.1 Å². The van der Waals surface area contributed by atoms with Crippen molar-refractivity contribution in [2.45, 2.75) is 19.9 Å². The minimum absolute atomic E-state index is 0.155. The number of carbonyl (C=O) groups excluding carboxylic acids is 1. The Morgan fingerprint density at radius 2 is 2.04 bits per heavy atom. The molecule has 1 N–H and O–H groups in total. The van der Waals surface area contributed by atoms with E-state index in [0.717, 1.165) is 17.0 Å². The number of hydrogen-bond donors (Lipinski definition) is 1. The zero-order valence-electron chi connectivity index (χ0n) is 13.5. The van der Waals surface area contributed by atoms with Crippen molar-refractivity contribution < 1.29 is 9.53 Å². The third-order valence-corrected chi connectivity index (χ3v) is 4.06. The number of halogens is 1. The molecule has 0 saturated carbocycles. The lowest BCUT2D eigenvalue weighted by Crippen LogP contribution is -2.25. The minimum atomic E-state index is -0.155. The van der Waals surface area contributed by atoms with E-state index >= 15 is 0 Å². The van der Waals surface area contributed by atoms with E-state index in [2.05, 4.69) is 10.3 Å². The number of benzene rings is 1. The molecule has 0 saturated heterocycles. The van der Waals surface area contributed by atoms with Crippen molar-refractivity contribution in [3.63, 3.8) is 0 Å². The molecule has 1 aromatic carbocycles. The number of ether oxygens (including phenoxy) is 1. The fourth-order valence-corrected chi connectivity index (χ4v) is 2.72. The Kier molecular flexibility index (Phi) is 4.71. The highest BCUT2D eigenvalue weighted by Gasteiger charge is 2.18. The van der Waals surface area contributed by atoms with E-state index in [1.165, 1.54) is 0 Å². The van der Waals surface area contributed by atoms with Crippen molar-refractivity contribution in [3.8, 4) is 5.75 Å². The Morgan fingerprint density at radius 1 is 1.29 bits per heavy atom. The Labute approximate surface area is 145 Å². The number of rotatable bonds is 5. The summed E-state index contributed by atoms with van der Waals surface area (Å²) in [6.07, 6.45) is 2.44. The Bertz CT molecular complexity index is 872. The summed E-state index contributed by atoms with van der Waals surface area (Å²) in [4.78, 5) is 17.1. The number of pyridine rings is 1. The van der Waals surface area contributed by atoms with Crippen molar-refractivity contribution in [1.82, 2.24) is 14.7 Å². The van der Waals surface area contributed by atoms with E-state index in [1.54, 1.807) is 29.8 Å². The Morgan fingerprint density at radius 3 is 2.71 bits per heavy atom. The minimum Gasteiger partial charge on any atom is -0.497 e. The fraction of sp³-hybridized carbons (Fsp3) is 0.222. The summed E-state index contributed by atoms with van der Waals surface area (Å²) in [5.41, 5.74) is 2.98. The molecule has 24 heavy (non-hydrogen) atoms. The molecule has 0 radical (unpaired) electrons. The molecule has 0 fully saturated rings. The average molecular weight is 344 g/mol. The average Bonchev–Trinajstić information content (AvgIpc) is 2.97. The van der Waals surface area contributed by atoms with Gasteiger partial charge in [-0.15, -0.1) is 0 Å². The van der Waals surface area contributed by atoms with E-state index < -0.39 is 0 Å². The predicted octanol–water partition coefficient (Wildman–Crippen LogP) is 3.49. The van der Waals surface area contributed by atoms with Crippen LogP contribution in [0.2, 0.25) is 5.02 Å². The maximum absolute atomic E-state index is 12.7. The number of imidazole rings is 1.